The molecule has 1 heterocycles. The second-order valence-electron chi connectivity index (χ2n) is 6.14. The Balaban J connectivity index is 1.92. The highest BCUT2D eigenvalue weighted by molar-refractivity contribution is 5.97. The van der Waals surface area contributed by atoms with Crippen LogP contribution < -0.4 is 4.90 Å². The molecule has 1 aromatic rings. The number of aliphatic hydroxyl groups is 1. The first kappa shape index (κ1) is 13.6. The van der Waals surface area contributed by atoms with Crippen LogP contribution >= 0.6 is 0 Å². The Morgan fingerprint density at radius 3 is 2.70 bits per heavy atom. The maximum Gasteiger partial charge on any atom is 0.230 e. The molecule has 0 saturated heterocycles. The van der Waals surface area contributed by atoms with Gasteiger partial charge in [0.25, 0.3) is 0 Å². The van der Waals surface area contributed by atoms with Crippen molar-refractivity contribution in [1.82, 2.24) is 0 Å². The third-order valence-corrected chi connectivity index (χ3v) is 4.74. The number of fused-ring (bicyclic) bond motifs is 1. The van der Waals surface area contributed by atoms with Crippen LogP contribution in [0.5, 0.6) is 0 Å². The van der Waals surface area contributed by atoms with Crippen LogP contribution in [0.15, 0.2) is 18.2 Å². The van der Waals surface area contributed by atoms with Crippen molar-refractivity contribution < 1.29 is 9.90 Å². The third-order valence-electron chi connectivity index (χ3n) is 4.74. The second-order valence-corrected chi connectivity index (χ2v) is 6.14. The van der Waals surface area contributed by atoms with E-state index in [-0.39, 0.29) is 11.8 Å². The summed E-state index contributed by atoms with van der Waals surface area (Å²) < 4.78 is 0. The molecule has 1 aromatic carbocycles. The van der Waals surface area contributed by atoms with Crippen LogP contribution in [0.1, 0.15) is 55.8 Å². The van der Waals surface area contributed by atoms with Crippen LogP contribution in [-0.4, -0.2) is 17.6 Å². The SMILES string of the molecule is Cc1cccc2c1N(C(=O)C1CCCCC1)CCC2O. The number of hydrogen-bond acceptors (Lipinski definition) is 2. The fraction of sp³-hybridized carbons (Fsp3) is 0.588. The monoisotopic (exact) mass is 273 g/mol. The number of aliphatic hydroxyl groups excluding tert-OH is 1. The zero-order chi connectivity index (χ0) is 14.1. The number of hydrogen-bond donors (Lipinski definition) is 1. The van der Waals surface area contributed by atoms with Gasteiger partial charge in [0.15, 0.2) is 0 Å². The Bertz CT molecular complexity index is 506. The van der Waals surface area contributed by atoms with Crippen LogP contribution in [-0.2, 0) is 4.79 Å². The summed E-state index contributed by atoms with van der Waals surface area (Å²) >= 11 is 0. The average molecular weight is 273 g/mol. The number of aryl methyl sites for hydroxylation is 1. The predicted octanol–water partition coefficient (Wildman–Crippen LogP) is 3.35. The van der Waals surface area contributed by atoms with E-state index in [0.29, 0.717) is 13.0 Å². The van der Waals surface area contributed by atoms with Gasteiger partial charge in [-0.05, 0) is 31.7 Å². The Hall–Kier alpha value is -1.35. The summed E-state index contributed by atoms with van der Waals surface area (Å²) in [5.74, 6) is 0.457. The lowest BCUT2D eigenvalue weighted by atomic mass is 9.87. The van der Waals surface area contributed by atoms with E-state index < -0.39 is 6.10 Å². The summed E-state index contributed by atoms with van der Waals surface area (Å²) in [4.78, 5) is 14.8. The number of anilines is 1. The summed E-state index contributed by atoms with van der Waals surface area (Å²) in [5, 5.41) is 10.2. The molecule has 1 fully saturated rings. The van der Waals surface area contributed by atoms with E-state index in [1.807, 2.05) is 30.0 Å². The van der Waals surface area contributed by atoms with Gasteiger partial charge in [-0.1, -0.05) is 37.5 Å². The van der Waals surface area contributed by atoms with E-state index in [0.717, 1.165) is 29.7 Å². The maximum atomic E-state index is 12.8. The lowest BCUT2D eigenvalue weighted by Gasteiger charge is -2.36. The molecule has 0 aromatic heterocycles. The fourth-order valence-corrected chi connectivity index (χ4v) is 3.63. The quantitative estimate of drug-likeness (QED) is 0.852. The molecule has 3 rings (SSSR count). The van der Waals surface area contributed by atoms with Crippen LogP contribution in [0.2, 0.25) is 0 Å². The molecule has 1 aliphatic carbocycles. The van der Waals surface area contributed by atoms with Gasteiger partial charge in [0.05, 0.1) is 11.8 Å². The lowest BCUT2D eigenvalue weighted by Crippen LogP contribution is -2.41. The highest BCUT2D eigenvalue weighted by atomic mass is 16.3. The lowest BCUT2D eigenvalue weighted by molar-refractivity contribution is -0.123. The van der Waals surface area contributed by atoms with E-state index in [1.54, 1.807) is 0 Å². The van der Waals surface area contributed by atoms with Crippen molar-refractivity contribution in [2.45, 2.75) is 51.6 Å². The molecule has 0 spiro atoms. The molecule has 1 aliphatic heterocycles. The number of benzene rings is 1. The minimum Gasteiger partial charge on any atom is -0.388 e. The molecule has 2 aliphatic rings. The largest absolute Gasteiger partial charge is 0.388 e. The van der Waals surface area contributed by atoms with E-state index in [2.05, 4.69) is 0 Å². The zero-order valence-corrected chi connectivity index (χ0v) is 12.1. The molecule has 1 saturated carbocycles. The summed E-state index contributed by atoms with van der Waals surface area (Å²) in [6.45, 7) is 2.67. The number of carbonyl (C=O) groups is 1. The molecular weight excluding hydrogens is 250 g/mol. The van der Waals surface area contributed by atoms with Gasteiger partial charge in [-0.25, -0.2) is 0 Å². The van der Waals surface area contributed by atoms with E-state index in [1.165, 1.54) is 19.3 Å². The van der Waals surface area contributed by atoms with Crippen LogP contribution in [0, 0.1) is 12.8 Å². The van der Waals surface area contributed by atoms with Gasteiger partial charge in [-0.2, -0.15) is 0 Å². The Morgan fingerprint density at radius 2 is 1.95 bits per heavy atom. The minimum absolute atomic E-state index is 0.187. The average Bonchev–Trinajstić information content (AvgIpc) is 2.49. The van der Waals surface area contributed by atoms with Crippen LogP contribution in [0.25, 0.3) is 0 Å². The highest BCUT2D eigenvalue weighted by Crippen LogP contribution is 2.38. The highest BCUT2D eigenvalue weighted by Gasteiger charge is 2.32. The number of nitrogens with zero attached hydrogens (tertiary/aromatic N) is 1. The smallest absolute Gasteiger partial charge is 0.230 e. The number of carbonyl (C=O) groups excluding carboxylic acids is 1. The first-order valence-corrected chi connectivity index (χ1v) is 7.77. The van der Waals surface area contributed by atoms with Gasteiger partial charge < -0.3 is 10.0 Å². The molecule has 1 amide bonds. The predicted molar refractivity (Wildman–Crippen MR) is 79.7 cm³/mol. The normalized spacial score (nSPS) is 23.5. The maximum absolute atomic E-state index is 12.8. The molecule has 3 heteroatoms. The molecule has 3 nitrogen and oxygen atoms in total. The topological polar surface area (TPSA) is 40.5 Å². The van der Waals surface area contributed by atoms with Gasteiger partial charge in [-0.15, -0.1) is 0 Å². The Morgan fingerprint density at radius 1 is 1.20 bits per heavy atom. The summed E-state index contributed by atoms with van der Waals surface area (Å²) in [6, 6.07) is 5.94. The number of rotatable bonds is 1. The Labute approximate surface area is 120 Å². The molecular formula is C17H23NO2. The standard InChI is InChI=1S/C17H23NO2/c1-12-6-5-9-14-15(19)10-11-18(16(12)14)17(20)13-7-3-2-4-8-13/h5-6,9,13,15,19H,2-4,7-8,10-11H2,1H3. The molecule has 1 atom stereocenters. The molecule has 0 bridgehead atoms. The van der Waals surface area contributed by atoms with Crippen molar-refractivity contribution in [2.24, 2.45) is 5.92 Å². The zero-order valence-electron chi connectivity index (χ0n) is 12.1. The molecule has 1 N–H and O–H groups in total. The summed E-state index contributed by atoms with van der Waals surface area (Å²) in [6.07, 6.45) is 5.88. The van der Waals surface area contributed by atoms with Crippen molar-refractivity contribution in [3.05, 3.63) is 29.3 Å². The van der Waals surface area contributed by atoms with Crippen LogP contribution in [0.3, 0.4) is 0 Å². The molecule has 20 heavy (non-hydrogen) atoms. The van der Waals surface area contributed by atoms with Crippen molar-refractivity contribution in [2.75, 3.05) is 11.4 Å². The summed E-state index contributed by atoms with van der Waals surface area (Å²) in [5.41, 5.74) is 2.97. The molecule has 108 valence electrons. The van der Waals surface area contributed by atoms with E-state index in [9.17, 15) is 9.90 Å². The first-order valence-electron chi connectivity index (χ1n) is 7.77. The van der Waals surface area contributed by atoms with E-state index >= 15 is 0 Å². The van der Waals surface area contributed by atoms with Gasteiger partial charge >= 0.3 is 0 Å². The van der Waals surface area contributed by atoms with E-state index in [4.69, 9.17) is 0 Å². The fourth-order valence-electron chi connectivity index (χ4n) is 3.63. The number of amides is 1. The summed E-state index contributed by atoms with van der Waals surface area (Å²) in [7, 11) is 0. The third kappa shape index (κ3) is 2.35. The van der Waals surface area contributed by atoms with Crippen molar-refractivity contribution in [3.8, 4) is 0 Å². The minimum atomic E-state index is -0.430. The van der Waals surface area contributed by atoms with Crippen molar-refractivity contribution >= 4 is 11.6 Å². The molecule has 0 radical (unpaired) electrons. The Kier molecular flexibility index (Phi) is 3.79. The van der Waals surface area contributed by atoms with Gasteiger partial charge in [-0.3, -0.25) is 4.79 Å². The van der Waals surface area contributed by atoms with Crippen molar-refractivity contribution in [3.63, 3.8) is 0 Å². The number of para-hydroxylation sites is 1. The van der Waals surface area contributed by atoms with Crippen molar-refractivity contribution in [1.29, 1.82) is 0 Å². The van der Waals surface area contributed by atoms with Gasteiger partial charge in [0.1, 0.15) is 0 Å². The molecule has 1 unspecified atom stereocenters. The first-order chi connectivity index (χ1) is 9.68. The second kappa shape index (κ2) is 5.57. The van der Waals surface area contributed by atoms with Gasteiger partial charge in [0.2, 0.25) is 5.91 Å². The van der Waals surface area contributed by atoms with Gasteiger partial charge in [0, 0.05) is 18.0 Å². The van der Waals surface area contributed by atoms with Crippen LogP contribution in [0.4, 0.5) is 5.69 Å².